The third-order valence-corrected chi connectivity index (χ3v) is 7.39. The second kappa shape index (κ2) is 12.8. The van der Waals surface area contributed by atoms with Crippen LogP contribution in [0.5, 0.6) is 5.75 Å². The van der Waals surface area contributed by atoms with E-state index in [9.17, 15) is 13.2 Å². The highest BCUT2D eigenvalue weighted by molar-refractivity contribution is 7.89. The molecule has 210 valence electrons. The highest BCUT2D eigenvalue weighted by Gasteiger charge is 2.33. The van der Waals surface area contributed by atoms with Crippen LogP contribution in [-0.4, -0.2) is 51.5 Å². The number of rotatable bonds is 11. The summed E-state index contributed by atoms with van der Waals surface area (Å²) in [5, 5.41) is 5.15. The third-order valence-electron chi connectivity index (χ3n) is 6.48. The summed E-state index contributed by atoms with van der Waals surface area (Å²) in [7, 11) is -3.73. The number of unbranched alkanes of at least 4 members (excludes halogenated alkanes) is 3. The van der Waals surface area contributed by atoms with Crippen LogP contribution in [0.3, 0.4) is 0 Å². The molecule has 1 saturated heterocycles. The van der Waals surface area contributed by atoms with E-state index in [2.05, 4.69) is 11.8 Å². The molecule has 0 unspecified atom stereocenters. The van der Waals surface area contributed by atoms with Crippen molar-refractivity contribution >= 4 is 16.1 Å². The molecule has 0 saturated carbocycles. The van der Waals surface area contributed by atoms with Crippen LogP contribution in [0.15, 0.2) is 47.4 Å². The molecule has 4 rings (SSSR count). The summed E-state index contributed by atoms with van der Waals surface area (Å²) in [4.78, 5) is 14.2. The van der Waals surface area contributed by atoms with Crippen LogP contribution in [0, 0.1) is 11.8 Å². The number of hydrogen-bond acceptors (Lipinski definition) is 7. The topological polar surface area (TPSA) is 117 Å². The standard InChI is InChI=1S/C29H36N2O7S/c1-29(2)36-21-24-19-23(13-14-26(24)38-29)27-20-31(28(32)37-27)15-6-4-8-17-35-16-7-3-5-10-22-11-9-12-25(18-22)39(30,33)34/h9,11-14,18-19,27H,3-4,6-8,15-17,20-21H2,1-2H3,(H2,30,33,34)/t27-/m0/s1. The Bertz CT molecular complexity index is 1330. The van der Waals surface area contributed by atoms with Gasteiger partial charge < -0.3 is 23.8 Å². The van der Waals surface area contributed by atoms with Crippen molar-refractivity contribution in [2.45, 2.75) is 69.3 Å². The Balaban J connectivity index is 1.07. The van der Waals surface area contributed by atoms with E-state index in [1.54, 1.807) is 17.0 Å². The number of amides is 1. The first-order chi connectivity index (χ1) is 18.6. The summed E-state index contributed by atoms with van der Waals surface area (Å²) in [5.41, 5.74) is 2.53. The lowest BCUT2D eigenvalue weighted by atomic mass is 10.0. The molecule has 0 aromatic heterocycles. The summed E-state index contributed by atoms with van der Waals surface area (Å²) in [6.45, 7) is 6.70. The van der Waals surface area contributed by atoms with Crippen LogP contribution >= 0.6 is 0 Å². The van der Waals surface area contributed by atoms with Crippen molar-refractivity contribution in [3.8, 4) is 17.6 Å². The van der Waals surface area contributed by atoms with Crippen LogP contribution in [0.25, 0.3) is 0 Å². The third kappa shape index (κ3) is 8.44. The van der Waals surface area contributed by atoms with Gasteiger partial charge in [0.2, 0.25) is 15.8 Å². The summed E-state index contributed by atoms with van der Waals surface area (Å²) >= 11 is 0. The molecule has 2 N–H and O–H groups in total. The van der Waals surface area contributed by atoms with Gasteiger partial charge in [-0.1, -0.05) is 24.0 Å². The number of hydrogen-bond donors (Lipinski definition) is 1. The maximum Gasteiger partial charge on any atom is 0.410 e. The zero-order valence-electron chi connectivity index (χ0n) is 22.5. The number of ether oxygens (including phenoxy) is 4. The monoisotopic (exact) mass is 556 g/mol. The van der Waals surface area contributed by atoms with Gasteiger partial charge in [-0.25, -0.2) is 18.4 Å². The molecule has 1 amide bonds. The van der Waals surface area contributed by atoms with Crippen molar-refractivity contribution < 1.29 is 32.2 Å². The van der Waals surface area contributed by atoms with E-state index in [0.717, 1.165) is 42.6 Å². The number of primary sulfonamides is 1. The van der Waals surface area contributed by atoms with E-state index in [4.69, 9.17) is 24.1 Å². The molecule has 2 aromatic rings. The quantitative estimate of drug-likeness (QED) is 0.320. The highest BCUT2D eigenvalue weighted by atomic mass is 32.2. The Morgan fingerprint density at radius 1 is 1.10 bits per heavy atom. The SMILES string of the molecule is CC1(C)OCc2cc([C@@H]3CN(CCCCCOCCCC#Cc4cccc(S(N)(=O)=O)c4)C(=O)O3)ccc2O1. The second-order valence-electron chi connectivity index (χ2n) is 10.1. The average Bonchev–Trinajstić information content (AvgIpc) is 3.26. The predicted octanol–water partition coefficient (Wildman–Crippen LogP) is 4.49. The minimum absolute atomic E-state index is 0.0591. The molecule has 2 aliphatic rings. The number of carbonyl (C=O) groups excluding carboxylic acids is 1. The van der Waals surface area contributed by atoms with E-state index in [1.807, 2.05) is 32.0 Å². The Labute approximate surface area is 230 Å². The normalized spacial score (nSPS) is 18.1. The molecule has 1 fully saturated rings. The molecular formula is C29H36N2O7S. The number of cyclic esters (lactones) is 1. The molecule has 0 aliphatic carbocycles. The summed E-state index contributed by atoms with van der Waals surface area (Å²) < 4.78 is 45.7. The smallest absolute Gasteiger partial charge is 0.410 e. The van der Waals surface area contributed by atoms with Gasteiger partial charge >= 0.3 is 6.09 Å². The predicted molar refractivity (Wildman–Crippen MR) is 145 cm³/mol. The zero-order valence-corrected chi connectivity index (χ0v) is 23.3. The molecule has 10 heteroatoms. The fourth-order valence-electron chi connectivity index (χ4n) is 4.39. The second-order valence-corrected chi connectivity index (χ2v) is 11.7. The molecule has 0 radical (unpaired) electrons. The van der Waals surface area contributed by atoms with Gasteiger partial charge in [0.15, 0.2) is 0 Å². The Morgan fingerprint density at radius 3 is 2.74 bits per heavy atom. The maximum atomic E-state index is 12.4. The number of nitrogens with two attached hydrogens (primary N) is 1. The lowest BCUT2D eigenvalue weighted by Crippen LogP contribution is -2.35. The van der Waals surface area contributed by atoms with Gasteiger partial charge in [0, 0.05) is 51.2 Å². The van der Waals surface area contributed by atoms with Crippen LogP contribution in [0.2, 0.25) is 0 Å². The lowest BCUT2D eigenvalue weighted by molar-refractivity contribution is -0.180. The molecule has 0 spiro atoms. The van der Waals surface area contributed by atoms with Crippen LogP contribution < -0.4 is 9.88 Å². The average molecular weight is 557 g/mol. The number of sulfonamides is 1. The molecule has 39 heavy (non-hydrogen) atoms. The van der Waals surface area contributed by atoms with E-state index >= 15 is 0 Å². The van der Waals surface area contributed by atoms with Gasteiger partial charge in [-0.2, -0.15) is 0 Å². The molecule has 2 heterocycles. The van der Waals surface area contributed by atoms with Crippen LogP contribution in [-0.2, 0) is 30.8 Å². The minimum Gasteiger partial charge on any atom is -0.463 e. The Hall–Kier alpha value is -3.10. The van der Waals surface area contributed by atoms with Gasteiger partial charge in [0.05, 0.1) is 18.0 Å². The molecular weight excluding hydrogens is 520 g/mol. The largest absolute Gasteiger partial charge is 0.463 e. The van der Waals surface area contributed by atoms with Gasteiger partial charge in [-0.15, -0.1) is 0 Å². The summed E-state index contributed by atoms with van der Waals surface area (Å²) in [5.74, 6) is 6.16. The number of carbonyl (C=O) groups is 1. The summed E-state index contributed by atoms with van der Waals surface area (Å²) in [6.07, 6.45) is 3.64. The Kier molecular flexibility index (Phi) is 9.51. The van der Waals surface area contributed by atoms with Gasteiger partial charge in [-0.3, -0.25) is 0 Å². The van der Waals surface area contributed by atoms with E-state index in [-0.39, 0.29) is 17.1 Å². The van der Waals surface area contributed by atoms with Crippen molar-refractivity contribution in [2.75, 3.05) is 26.3 Å². The van der Waals surface area contributed by atoms with E-state index in [1.165, 1.54) is 12.1 Å². The molecule has 9 nitrogen and oxygen atoms in total. The number of fused-ring (bicyclic) bond motifs is 1. The van der Waals surface area contributed by atoms with Crippen LogP contribution in [0.4, 0.5) is 4.79 Å². The zero-order chi connectivity index (χ0) is 27.9. The van der Waals surface area contributed by atoms with Gasteiger partial charge in [0.25, 0.3) is 0 Å². The maximum absolute atomic E-state index is 12.4. The fourth-order valence-corrected chi connectivity index (χ4v) is 4.95. The first kappa shape index (κ1) is 28.9. The van der Waals surface area contributed by atoms with Crippen molar-refractivity contribution in [2.24, 2.45) is 5.14 Å². The van der Waals surface area contributed by atoms with Crippen molar-refractivity contribution in [1.29, 1.82) is 0 Å². The highest BCUT2D eigenvalue weighted by Crippen LogP contribution is 2.35. The van der Waals surface area contributed by atoms with Crippen molar-refractivity contribution in [3.05, 3.63) is 59.2 Å². The van der Waals surface area contributed by atoms with Crippen LogP contribution in [0.1, 0.15) is 68.7 Å². The number of nitrogens with zero attached hydrogens (tertiary/aromatic N) is 1. The van der Waals surface area contributed by atoms with Crippen molar-refractivity contribution in [3.63, 3.8) is 0 Å². The van der Waals surface area contributed by atoms with Crippen molar-refractivity contribution in [1.82, 2.24) is 4.90 Å². The lowest BCUT2D eigenvalue weighted by Gasteiger charge is -2.32. The van der Waals surface area contributed by atoms with Gasteiger partial charge in [-0.05, 0) is 61.6 Å². The molecule has 2 aromatic carbocycles. The minimum atomic E-state index is -3.73. The molecule has 0 bridgehead atoms. The Morgan fingerprint density at radius 2 is 1.92 bits per heavy atom. The molecule has 2 aliphatic heterocycles. The van der Waals surface area contributed by atoms with E-state index < -0.39 is 15.8 Å². The first-order valence-electron chi connectivity index (χ1n) is 13.2. The molecule has 1 atom stereocenters. The number of benzene rings is 2. The van der Waals surface area contributed by atoms with E-state index in [0.29, 0.717) is 44.9 Å². The summed E-state index contributed by atoms with van der Waals surface area (Å²) in [6, 6.07) is 12.2. The first-order valence-corrected chi connectivity index (χ1v) is 14.8. The van der Waals surface area contributed by atoms with Gasteiger partial charge in [0.1, 0.15) is 11.9 Å². The fraction of sp³-hybridized carbons (Fsp3) is 0.483.